The number of ketones is 1. The summed E-state index contributed by atoms with van der Waals surface area (Å²) in [5, 5.41) is 296. The predicted molar refractivity (Wildman–Crippen MR) is 502 cm³/mol. The Balaban J connectivity index is 1.24. The van der Waals surface area contributed by atoms with E-state index in [-0.39, 0.29) is 12.8 Å². The smallest absolute Gasteiger partial charge is 0.364 e. The number of ether oxygens (including phenoxy) is 14. The number of aliphatic hydroxyl groups is 22. The number of carbonyl (C=O) groups is 8. The highest BCUT2D eigenvalue weighted by Gasteiger charge is 2.66. The number of carbonyl (C=O) groups excluding carboxylic acids is 5. The maximum Gasteiger partial charge on any atom is 0.364 e. The molecule has 0 aliphatic carbocycles. The van der Waals surface area contributed by atoms with Crippen LogP contribution in [0.25, 0.3) is 0 Å². The summed E-state index contributed by atoms with van der Waals surface area (Å²) in [6, 6.07) is -7.37. The SMILES string of the molecule is CCCCCCC=CCCCCCCCCCC(=O)NC(COC1OC(CO)C(OC2OC(CO)C(OC3OC(CO)C(O)C(OC4OC(CO)C(O)C(O)C4O)C3CC(C)=O)C(OC3(C(=O)O)CC(O)C(NC(C)=O)C(C(O)C(CO)OC4(C(=O)O)CC(O)C(NC(C)=O)C(C(O)C(CO)OC5(C(=O)O)CC(O)C(NC(C)=O)C(C(O)C(O)CO)O5)O4)O3)C2O)C(O)C1O)C(O)CCCCCCCCCCCCCCC. The molecule has 7 heterocycles. The summed E-state index contributed by atoms with van der Waals surface area (Å²) < 4.78 is 84.5. The van der Waals surface area contributed by atoms with Gasteiger partial charge in [0.2, 0.25) is 23.6 Å². The second kappa shape index (κ2) is 63.3. The van der Waals surface area contributed by atoms with Crippen molar-refractivity contribution in [3.8, 4) is 0 Å². The Bertz CT molecular complexity index is 3910. The van der Waals surface area contributed by atoms with Gasteiger partial charge >= 0.3 is 17.9 Å². The Hall–Kier alpha value is -5.74. The maximum absolute atomic E-state index is 14.7. The van der Waals surface area contributed by atoms with Gasteiger partial charge in [0.05, 0.1) is 108 Å². The molecule has 40 atom stereocenters. The number of allylic oxidation sites excluding steroid dienone is 2. The number of unbranched alkanes of at least 4 members (excludes halogenated alkanes) is 23. The van der Waals surface area contributed by atoms with Crippen molar-refractivity contribution in [3.63, 3.8) is 0 Å². The standard InChI is InChI=1S/C96H166N4O47/c1-7-9-11-13-15-17-19-21-22-24-26-28-30-32-34-36-66(117)100-54(55(112)35-33-31-29-27-25-23-20-18-16-14-12-10-8-2)48-134-88-78(126)76(124)81(64(46-106)137-88)140-90-79(127)86(82(65(47-107)138-90)141-87-53(37-49(3)108)80(72(120)61(43-103)135-87)139-89-77(125)75(123)71(119)60(42-102)136-89)147-96(93(132)133)40-58(115)69(99-52(6)111)85(146-96)74(122)63(45-105)143-95(92(130)131)39-57(114)68(98-51(5)110)84(145-95)73(121)62(44-104)142-94(91(128)129)38-56(113)67(97-50(4)109)83(144-94)70(118)59(116)41-101/h17,19,53-65,67-90,101-107,112-116,118-127H,7-16,18,20-48H2,1-6H3,(H,97,109)(H,98,110)(H,99,111)(H,100,117)(H,128,129)(H,130,131)(H,132,133). The van der Waals surface area contributed by atoms with Gasteiger partial charge < -0.3 is 220 Å². The van der Waals surface area contributed by atoms with Gasteiger partial charge in [-0.05, 0) is 45.4 Å². The predicted octanol–water partition coefficient (Wildman–Crippen LogP) is -5.60. The molecule has 7 rings (SSSR count). The van der Waals surface area contributed by atoms with E-state index in [2.05, 4.69) is 47.3 Å². The second-order valence-electron chi connectivity index (χ2n) is 39.5. The molecule has 0 spiro atoms. The van der Waals surface area contributed by atoms with Crippen LogP contribution in [0.2, 0.25) is 0 Å². The number of nitrogens with one attached hydrogen (secondary N) is 4. The summed E-state index contributed by atoms with van der Waals surface area (Å²) in [5.74, 6) is -24.2. The number of aliphatic hydroxyl groups excluding tert-OH is 22. The summed E-state index contributed by atoms with van der Waals surface area (Å²) in [6.07, 6.45) is -47.6. The van der Waals surface area contributed by atoms with Crippen LogP contribution in [0.15, 0.2) is 12.2 Å². The summed E-state index contributed by atoms with van der Waals surface area (Å²) in [5.41, 5.74) is 0. The summed E-state index contributed by atoms with van der Waals surface area (Å²) in [7, 11) is 0. The molecule has 0 aromatic carbocycles. The molecule has 7 saturated heterocycles. The van der Waals surface area contributed by atoms with Crippen LogP contribution in [0.5, 0.6) is 0 Å². The zero-order valence-electron chi connectivity index (χ0n) is 84.5. The molecule has 852 valence electrons. The van der Waals surface area contributed by atoms with Gasteiger partial charge in [-0.25, -0.2) is 14.4 Å². The largest absolute Gasteiger partial charge is 0.477 e. The number of hydrogen-bond donors (Lipinski definition) is 29. The number of aliphatic carboxylic acids is 3. The van der Waals surface area contributed by atoms with Crippen LogP contribution in [0.3, 0.4) is 0 Å². The van der Waals surface area contributed by atoms with Crippen molar-refractivity contribution in [2.75, 3.05) is 52.9 Å². The van der Waals surface area contributed by atoms with Crippen LogP contribution >= 0.6 is 0 Å². The fourth-order valence-corrected chi connectivity index (χ4v) is 19.7. The molecule has 0 aromatic heterocycles. The highest BCUT2D eigenvalue weighted by molar-refractivity contribution is 5.79. The van der Waals surface area contributed by atoms with E-state index in [9.17, 15) is 166 Å². The van der Waals surface area contributed by atoms with Gasteiger partial charge in [0.1, 0.15) is 146 Å². The molecule has 0 radical (unpaired) electrons. The molecule has 40 unspecified atom stereocenters. The molecule has 147 heavy (non-hydrogen) atoms. The fourth-order valence-electron chi connectivity index (χ4n) is 19.7. The van der Waals surface area contributed by atoms with E-state index in [4.69, 9.17) is 66.3 Å². The molecule has 0 saturated carbocycles. The second-order valence-corrected chi connectivity index (χ2v) is 39.5. The molecule has 29 N–H and O–H groups in total. The number of hydrogen-bond acceptors (Lipinski definition) is 44. The van der Waals surface area contributed by atoms with Gasteiger partial charge in [-0.3, -0.25) is 19.2 Å². The Kier molecular flexibility index (Phi) is 55.2. The maximum atomic E-state index is 14.7. The monoisotopic (exact) mass is 2130 g/mol. The summed E-state index contributed by atoms with van der Waals surface area (Å²) in [6.45, 7) is -2.12. The van der Waals surface area contributed by atoms with Crippen molar-refractivity contribution in [1.82, 2.24) is 21.3 Å². The Morgan fingerprint density at radius 2 is 0.755 bits per heavy atom. The third-order valence-corrected chi connectivity index (χ3v) is 27.9. The lowest BCUT2D eigenvalue weighted by atomic mass is 9.86. The van der Waals surface area contributed by atoms with Crippen molar-refractivity contribution in [3.05, 3.63) is 12.2 Å². The average molecular weight is 2130 g/mol. The van der Waals surface area contributed by atoms with Gasteiger partial charge in [0.15, 0.2) is 25.2 Å². The highest BCUT2D eigenvalue weighted by Crippen LogP contribution is 2.46. The van der Waals surface area contributed by atoms with E-state index < -0.39 is 369 Å². The molecule has 7 aliphatic heterocycles. The third-order valence-electron chi connectivity index (χ3n) is 27.9. The minimum atomic E-state index is -3.81. The van der Waals surface area contributed by atoms with Crippen LogP contribution in [-0.2, 0) is 105 Å². The lowest BCUT2D eigenvalue weighted by Gasteiger charge is -2.53. The summed E-state index contributed by atoms with van der Waals surface area (Å²) in [4.78, 5) is 108. The Morgan fingerprint density at radius 1 is 0.381 bits per heavy atom. The van der Waals surface area contributed by atoms with Crippen LogP contribution in [0.1, 0.15) is 247 Å². The molecular weight excluding hydrogens is 1960 g/mol. The topological polar surface area (TPSA) is 820 Å². The fraction of sp³-hybridized carbons (Fsp3) is 0.896. The van der Waals surface area contributed by atoms with E-state index in [0.29, 0.717) is 12.8 Å². The van der Waals surface area contributed by atoms with Crippen molar-refractivity contribution >= 4 is 47.3 Å². The van der Waals surface area contributed by atoms with Crippen molar-refractivity contribution in [2.24, 2.45) is 5.92 Å². The van der Waals surface area contributed by atoms with Gasteiger partial charge in [0.25, 0.3) is 17.4 Å². The first kappa shape index (κ1) is 128. The molecule has 7 fully saturated rings. The first-order valence-corrected chi connectivity index (χ1v) is 51.6. The van der Waals surface area contributed by atoms with Crippen molar-refractivity contribution < 1.29 is 232 Å². The summed E-state index contributed by atoms with van der Waals surface area (Å²) >= 11 is 0. The average Bonchev–Trinajstić information content (AvgIpc) is 0.739. The van der Waals surface area contributed by atoms with Gasteiger partial charge in [0, 0.05) is 58.8 Å². The first-order valence-electron chi connectivity index (χ1n) is 51.6. The molecule has 0 bridgehead atoms. The van der Waals surface area contributed by atoms with E-state index in [1.165, 1.54) is 64.2 Å². The number of carboxylic acids is 3. The zero-order chi connectivity index (χ0) is 109. The molecule has 4 amide bonds. The molecule has 0 aromatic rings. The number of amides is 4. The zero-order valence-corrected chi connectivity index (χ0v) is 84.5. The molecule has 51 heteroatoms. The van der Waals surface area contributed by atoms with Crippen LogP contribution in [0.4, 0.5) is 0 Å². The number of rotatable bonds is 67. The van der Waals surface area contributed by atoms with Gasteiger partial charge in [-0.1, -0.05) is 161 Å². The van der Waals surface area contributed by atoms with Crippen LogP contribution < -0.4 is 21.3 Å². The molecule has 7 aliphatic rings. The lowest BCUT2D eigenvalue weighted by molar-refractivity contribution is -0.407. The van der Waals surface area contributed by atoms with Crippen molar-refractivity contribution in [1.29, 1.82) is 0 Å². The van der Waals surface area contributed by atoms with Crippen LogP contribution in [0, 0.1) is 5.92 Å². The first-order chi connectivity index (χ1) is 69.9. The molecule has 51 nitrogen and oxygen atoms in total. The molecular formula is C96H166N4O47. The third kappa shape index (κ3) is 36.2. The van der Waals surface area contributed by atoms with Gasteiger partial charge in [-0.15, -0.1) is 0 Å². The Morgan fingerprint density at radius 3 is 1.20 bits per heavy atom. The van der Waals surface area contributed by atoms with Gasteiger partial charge in [-0.2, -0.15) is 0 Å². The number of Topliss-reactive ketones (excluding diaryl/α,β-unsaturated/α-hetero) is 1. The van der Waals surface area contributed by atoms with E-state index >= 15 is 0 Å². The van der Waals surface area contributed by atoms with E-state index in [1.807, 2.05) is 0 Å². The van der Waals surface area contributed by atoms with Crippen LogP contribution in [-0.4, -0.2) is 465 Å². The van der Waals surface area contributed by atoms with Crippen molar-refractivity contribution in [2.45, 2.75) is 485 Å². The lowest BCUT2D eigenvalue weighted by Crippen LogP contribution is -2.72. The minimum absolute atomic E-state index is 0.0709. The number of carboxylic acid groups (broad SMARTS) is 3. The Labute approximate surface area is 853 Å². The van der Waals surface area contributed by atoms with E-state index in [0.717, 1.165) is 118 Å². The quantitative estimate of drug-likeness (QED) is 0.0199. The minimum Gasteiger partial charge on any atom is -0.477 e. The normalized spacial score (nSPS) is 35.5. The van der Waals surface area contributed by atoms with E-state index in [1.54, 1.807) is 0 Å². The highest BCUT2D eigenvalue weighted by atomic mass is 16.8.